The molecule has 4 rings (SSSR count). The van der Waals surface area contributed by atoms with Crippen LogP contribution in [0, 0.1) is 13.8 Å². The second kappa shape index (κ2) is 11.6. The number of thioether (sulfide) groups is 1. The zero-order chi connectivity index (χ0) is 25.7. The number of aliphatic imine (C=N–C) groups is 1. The molecular weight excluding hydrogens is 474 g/mol. The van der Waals surface area contributed by atoms with Crippen LogP contribution in [0.4, 0.5) is 0 Å². The minimum Gasteiger partial charge on any atom is -0.463 e. The fraction of sp³-hybridized carbons (Fsp3) is 0.321. The molecule has 2 aliphatic heterocycles. The molecule has 188 valence electrons. The Morgan fingerprint density at radius 2 is 1.92 bits per heavy atom. The summed E-state index contributed by atoms with van der Waals surface area (Å²) < 4.78 is 10.6. The highest BCUT2D eigenvalue weighted by Crippen LogP contribution is 2.47. The van der Waals surface area contributed by atoms with Crippen molar-refractivity contribution >= 4 is 34.5 Å². The number of esters is 1. The summed E-state index contributed by atoms with van der Waals surface area (Å²) >= 11 is 1.46. The van der Waals surface area contributed by atoms with Gasteiger partial charge in [0, 0.05) is 24.9 Å². The van der Waals surface area contributed by atoms with Crippen molar-refractivity contribution in [1.82, 2.24) is 10.2 Å². The molecule has 7 nitrogen and oxygen atoms in total. The summed E-state index contributed by atoms with van der Waals surface area (Å²) in [7, 11) is 1.60. The molecule has 0 aliphatic carbocycles. The van der Waals surface area contributed by atoms with E-state index in [4.69, 9.17) is 14.5 Å². The van der Waals surface area contributed by atoms with Gasteiger partial charge in [-0.25, -0.2) is 9.79 Å². The van der Waals surface area contributed by atoms with E-state index >= 15 is 0 Å². The summed E-state index contributed by atoms with van der Waals surface area (Å²) in [6.45, 7) is 6.99. The fourth-order valence-electron chi connectivity index (χ4n) is 4.36. The molecule has 2 aromatic rings. The molecule has 0 saturated carbocycles. The normalized spacial score (nSPS) is 16.9. The smallest absolute Gasteiger partial charge is 0.338 e. The molecule has 0 bridgehead atoms. The first-order chi connectivity index (χ1) is 17.4. The number of nitrogens with one attached hydrogen (secondary N) is 1. The van der Waals surface area contributed by atoms with Crippen LogP contribution >= 0.6 is 11.8 Å². The molecule has 1 N–H and O–H groups in total. The maximum absolute atomic E-state index is 13.6. The number of fused-ring (bicyclic) bond motifs is 1. The highest BCUT2D eigenvalue weighted by molar-refractivity contribution is 8.16. The number of benzene rings is 2. The average molecular weight is 506 g/mol. The van der Waals surface area contributed by atoms with Gasteiger partial charge in [0.1, 0.15) is 0 Å². The van der Waals surface area contributed by atoms with E-state index in [1.165, 1.54) is 11.8 Å². The number of nitrogens with zero attached hydrogens (tertiary/aromatic N) is 2. The summed E-state index contributed by atoms with van der Waals surface area (Å²) in [6, 6.07) is 15.4. The molecule has 8 heteroatoms. The number of aryl methyl sites for hydroxylation is 2. The van der Waals surface area contributed by atoms with Gasteiger partial charge in [-0.15, -0.1) is 0 Å². The van der Waals surface area contributed by atoms with Crippen molar-refractivity contribution in [2.75, 3.05) is 26.9 Å². The summed E-state index contributed by atoms with van der Waals surface area (Å²) in [5.74, 6) is -0.527. The topological polar surface area (TPSA) is 80.2 Å². The molecule has 0 saturated heterocycles. The first-order valence-electron chi connectivity index (χ1n) is 12.0. The van der Waals surface area contributed by atoms with Crippen molar-refractivity contribution in [2.45, 2.75) is 33.2 Å². The molecule has 2 aliphatic rings. The van der Waals surface area contributed by atoms with Crippen molar-refractivity contribution in [1.29, 1.82) is 0 Å². The van der Waals surface area contributed by atoms with Crippen LogP contribution in [-0.4, -0.2) is 48.8 Å². The van der Waals surface area contributed by atoms with Crippen LogP contribution in [0.1, 0.15) is 41.6 Å². The van der Waals surface area contributed by atoms with Crippen LogP contribution in [0.15, 0.2) is 70.2 Å². The highest BCUT2D eigenvalue weighted by Gasteiger charge is 2.42. The molecule has 0 aromatic heterocycles. The highest BCUT2D eigenvalue weighted by atomic mass is 32.2. The van der Waals surface area contributed by atoms with Crippen LogP contribution in [-0.2, 0) is 19.1 Å². The number of carbonyl (C=O) groups is 2. The summed E-state index contributed by atoms with van der Waals surface area (Å²) in [5, 5.41) is 5.56. The Hall–Kier alpha value is -3.36. The van der Waals surface area contributed by atoms with Crippen LogP contribution in [0.2, 0.25) is 0 Å². The molecule has 36 heavy (non-hydrogen) atoms. The van der Waals surface area contributed by atoms with Gasteiger partial charge in [-0.2, -0.15) is 0 Å². The van der Waals surface area contributed by atoms with E-state index in [1.54, 1.807) is 14.0 Å². The number of amidine groups is 1. The van der Waals surface area contributed by atoms with E-state index in [0.29, 0.717) is 24.4 Å². The number of methoxy groups -OCH3 is 1. The third-order valence-electron chi connectivity index (χ3n) is 6.05. The summed E-state index contributed by atoms with van der Waals surface area (Å²) in [5.41, 5.74) is 5.79. The van der Waals surface area contributed by atoms with Crippen molar-refractivity contribution in [3.8, 4) is 0 Å². The third kappa shape index (κ3) is 5.39. The third-order valence-corrected chi connectivity index (χ3v) is 6.94. The van der Waals surface area contributed by atoms with Gasteiger partial charge in [0.25, 0.3) is 0 Å². The van der Waals surface area contributed by atoms with Gasteiger partial charge >= 0.3 is 5.97 Å². The molecule has 1 unspecified atom stereocenters. The minimum absolute atomic E-state index is 0.115. The summed E-state index contributed by atoms with van der Waals surface area (Å²) in [4.78, 5) is 33.2. The van der Waals surface area contributed by atoms with E-state index in [-0.39, 0.29) is 18.9 Å². The maximum atomic E-state index is 13.6. The molecule has 1 atom stereocenters. The van der Waals surface area contributed by atoms with Crippen molar-refractivity contribution in [3.63, 3.8) is 0 Å². The first-order valence-corrected chi connectivity index (χ1v) is 12.9. The number of carbonyl (C=O) groups excluding carboxylic acids is 2. The standard InChI is InChI=1S/C28H31N3O4S/c1-5-35-27(33)24-25(20-9-7-6-8-10-20)30-28-31(26(24)22-15-18(2)11-12-19(22)3)21(17-36-28)16-23(32)29-13-14-34-4/h6-12,15,17,26H,5,13-14,16H2,1-4H3,(H,29,32). The monoisotopic (exact) mass is 505 g/mol. The van der Waals surface area contributed by atoms with Crippen LogP contribution in [0.25, 0.3) is 5.70 Å². The Labute approximate surface area is 216 Å². The van der Waals surface area contributed by atoms with Gasteiger partial charge in [0.2, 0.25) is 5.91 Å². The number of hydrogen-bond acceptors (Lipinski definition) is 7. The lowest BCUT2D eigenvalue weighted by Gasteiger charge is -2.37. The lowest BCUT2D eigenvalue weighted by molar-refractivity contribution is -0.139. The second-order valence-electron chi connectivity index (χ2n) is 8.62. The zero-order valence-corrected chi connectivity index (χ0v) is 21.9. The molecule has 0 fully saturated rings. The average Bonchev–Trinajstić information content (AvgIpc) is 3.27. The van der Waals surface area contributed by atoms with Crippen LogP contribution < -0.4 is 5.32 Å². The largest absolute Gasteiger partial charge is 0.463 e. The van der Waals surface area contributed by atoms with E-state index in [2.05, 4.69) is 23.5 Å². The quantitative estimate of drug-likeness (QED) is 0.392. The van der Waals surface area contributed by atoms with Gasteiger partial charge in [-0.1, -0.05) is 65.9 Å². The Kier molecular flexibility index (Phi) is 8.28. The molecule has 0 radical (unpaired) electrons. The van der Waals surface area contributed by atoms with E-state index in [0.717, 1.165) is 33.1 Å². The van der Waals surface area contributed by atoms with E-state index < -0.39 is 12.0 Å². The van der Waals surface area contributed by atoms with Gasteiger partial charge in [-0.3, -0.25) is 4.79 Å². The predicted molar refractivity (Wildman–Crippen MR) is 143 cm³/mol. The fourth-order valence-corrected chi connectivity index (χ4v) is 5.28. The molecule has 2 heterocycles. The van der Waals surface area contributed by atoms with Gasteiger partial charge in [0.05, 0.1) is 36.9 Å². The Morgan fingerprint density at radius 3 is 2.64 bits per heavy atom. The number of ether oxygens (including phenoxy) is 2. The Balaban J connectivity index is 1.85. The maximum Gasteiger partial charge on any atom is 0.338 e. The number of amides is 1. The van der Waals surface area contributed by atoms with Crippen LogP contribution in [0.3, 0.4) is 0 Å². The molecule has 1 amide bonds. The lowest BCUT2D eigenvalue weighted by atomic mass is 9.88. The van der Waals surface area contributed by atoms with E-state index in [1.807, 2.05) is 54.5 Å². The lowest BCUT2D eigenvalue weighted by Crippen LogP contribution is -2.38. The van der Waals surface area contributed by atoms with E-state index in [9.17, 15) is 9.59 Å². The number of hydrogen-bond donors (Lipinski definition) is 1. The summed E-state index contributed by atoms with van der Waals surface area (Å²) in [6.07, 6.45) is 0.161. The first kappa shape index (κ1) is 25.7. The van der Waals surface area contributed by atoms with Gasteiger partial charge < -0.3 is 19.7 Å². The SMILES string of the molecule is CCOC(=O)C1=C(c2ccccc2)N=C2SC=C(CC(=O)NCCOC)N2C1c1cc(C)ccc1C. The number of rotatable bonds is 9. The second-order valence-corrected chi connectivity index (χ2v) is 9.46. The van der Waals surface area contributed by atoms with Crippen molar-refractivity contribution in [2.24, 2.45) is 4.99 Å². The Morgan fingerprint density at radius 1 is 1.14 bits per heavy atom. The van der Waals surface area contributed by atoms with Crippen molar-refractivity contribution in [3.05, 3.63) is 87.5 Å². The van der Waals surface area contributed by atoms with Gasteiger partial charge in [0.15, 0.2) is 5.17 Å². The predicted octanol–water partition coefficient (Wildman–Crippen LogP) is 4.73. The van der Waals surface area contributed by atoms with Crippen LogP contribution in [0.5, 0.6) is 0 Å². The Bertz CT molecular complexity index is 1240. The van der Waals surface area contributed by atoms with Gasteiger partial charge in [-0.05, 0) is 37.3 Å². The molecular formula is C28H31N3O4S. The van der Waals surface area contributed by atoms with Crippen molar-refractivity contribution < 1.29 is 19.1 Å². The molecule has 2 aromatic carbocycles. The minimum atomic E-state index is -0.486. The molecule has 0 spiro atoms. The zero-order valence-electron chi connectivity index (χ0n) is 21.0.